The third-order valence-electron chi connectivity index (χ3n) is 3.69. The molecule has 7 heteroatoms. The number of aryl methyl sites for hydroxylation is 1. The van der Waals surface area contributed by atoms with E-state index >= 15 is 0 Å². The molecule has 0 unspecified atom stereocenters. The molecule has 4 aromatic rings. The zero-order valence-corrected chi connectivity index (χ0v) is 12.6. The van der Waals surface area contributed by atoms with Gasteiger partial charge in [-0.1, -0.05) is 11.2 Å². The lowest BCUT2D eigenvalue weighted by atomic mass is 10.0. The molecule has 0 aliphatic heterocycles. The van der Waals surface area contributed by atoms with Gasteiger partial charge in [0.25, 0.3) is 5.89 Å². The SMILES string of the molecule is Cc1noc(-c2cc3cc(-c4ccnc(C(=O)O)c4)ccc3[nH]2)n1. The fourth-order valence-corrected chi connectivity index (χ4v) is 2.56. The van der Waals surface area contributed by atoms with Gasteiger partial charge in [0.2, 0.25) is 0 Å². The molecular formula is C17H12N4O3. The molecule has 7 nitrogen and oxygen atoms in total. The third kappa shape index (κ3) is 2.41. The number of nitrogens with zero attached hydrogens (tertiary/aromatic N) is 3. The largest absolute Gasteiger partial charge is 0.477 e. The Bertz CT molecular complexity index is 1060. The molecule has 0 bridgehead atoms. The monoisotopic (exact) mass is 320 g/mol. The predicted octanol–water partition coefficient (Wildman–Crippen LogP) is 3.29. The number of rotatable bonds is 3. The van der Waals surface area contributed by atoms with Crippen molar-refractivity contribution < 1.29 is 14.4 Å². The molecule has 0 spiro atoms. The summed E-state index contributed by atoms with van der Waals surface area (Å²) in [6.07, 6.45) is 1.49. The number of aromatic nitrogens is 4. The minimum absolute atomic E-state index is 0.0173. The lowest BCUT2D eigenvalue weighted by Gasteiger charge is -2.03. The molecule has 24 heavy (non-hydrogen) atoms. The number of hydrogen-bond acceptors (Lipinski definition) is 5. The highest BCUT2D eigenvalue weighted by atomic mass is 16.5. The number of carboxylic acid groups (broad SMARTS) is 1. The first kappa shape index (κ1) is 14.1. The van der Waals surface area contributed by atoms with Crippen LogP contribution in [0.15, 0.2) is 47.1 Å². The Balaban J connectivity index is 1.78. The standard InChI is InChI=1S/C17H12N4O3/c1-9-19-16(24-21-9)14-8-12-6-10(2-3-13(12)20-14)11-4-5-18-15(7-11)17(22)23/h2-8,20H,1H3,(H,22,23). The van der Waals surface area contributed by atoms with E-state index in [-0.39, 0.29) is 5.69 Å². The van der Waals surface area contributed by atoms with Crippen molar-refractivity contribution in [3.63, 3.8) is 0 Å². The number of aromatic amines is 1. The van der Waals surface area contributed by atoms with Gasteiger partial charge in [-0.25, -0.2) is 9.78 Å². The first-order valence-corrected chi connectivity index (χ1v) is 7.23. The smallest absolute Gasteiger partial charge is 0.354 e. The summed E-state index contributed by atoms with van der Waals surface area (Å²) in [6.45, 7) is 1.76. The zero-order valence-electron chi connectivity index (χ0n) is 12.6. The van der Waals surface area contributed by atoms with E-state index in [1.54, 1.807) is 19.1 Å². The quantitative estimate of drug-likeness (QED) is 0.600. The third-order valence-corrected chi connectivity index (χ3v) is 3.69. The predicted molar refractivity (Wildman–Crippen MR) is 86.5 cm³/mol. The van der Waals surface area contributed by atoms with Gasteiger partial charge in [0, 0.05) is 17.1 Å². The first-order valence-electron chi connectivity index (χ1n) is 7.23. The minimum atomic E-state index is -1.05. The molecule has 0 atom stereocenters. The lowest BCUT2D eigenvalue weighted by Crippen LogP contribution is -1.99. The van der Waals surface area contributed by atoms with Crippen molar-refractivity contribution in [3.05, 3.63) is 54.1 Å². The van der Waals surface area contributed by atoms with Crippen molar-refractivity contribution in [2.24, 2.45) is 0 Å². The number of carboxylic acids is 1. The highest BCUT2D eigenvalue weighted by molar-refractivity contribution is 5.90. The molecule has 1 aromatic carbocycles. The van der Waals surface area contributed by atoms with Crippen molar-refractivity contribution in [1.29, 1.82) is 0 Å². The Labute approximate surface area is 136 Å². The van der Waals surface area contributed by atoms with E-state index < -0.39 is 5.97 Å². The fourth-order valence-electron chi connectivity index (χ4n) is 2.56. The molecule has 118 valence electrons. The van der Waals surface area contributed by atoms with Crippen LogP contribution in [0.5, 0.6) is 0 Å². The van der Waals surface area contributed by atoms with Gasteiger partial charge in [0.15, 0.2) is 5.82 Å². The van der Waals surface area contributed by atoms with Gasteiger partial charge in [0.05, 0.1) is 0 Å². The number of pyridine rings is 1. The molecule has 0 saturated heterocycles. The van der Waals surface area contributed by atoms with Crippen LogP contribution in [0.1, 0.15) is 16.3 Å². The van der Waals surface area contributed by atoms with Gasteiger partial charge < -0.3 is 14.6 Å². The van der Waals surface area contributed by atoms with Crippen LogP contribution in [0.4, 0.5) is 0 Å². The summed E-state index contributed by atoms with van der Waals surface area (Å²) in [4.78, 5) is 22.3. The molecule has 3 aromatic heterocycles. The van der Waals surface area contributed by atoms with Crippen molar-refractivity contribution in [1.82, 2.24) is 20.1 Å². The van der Waals surface area contributed by atoms with Gasteiger partial charge in [-0.3, -0.25) is 0 Å². The first-order chi connectivity index (χ1) is 11.6. The number of hydrogen-bond donors (Lipinski definition) is 2. The number of H-pyrrole nitrogens is 1. The van der Waals surface area contributed by atoms with E-state index in [9.17, 15) is 4.79 Å². The Morgan fingerprint density at radius 3 is 2.75 bits per heavy atom. The molecule has 0 aliphatic rings. The molecular weight excluding hydrogens is 308 g/mol. The summed E-state index contributed by atoms with van der Waals surface area (Å²) < 4.78 is 5.17. The maximum Gasteiger partial charge on any atom is 0.354 e. The number of benzene rings is 1. The summed E-state index contributed by atoms with van der Waals surface area (Å²) >= 11 is 0. The van der Waals surface area contributed by atoms with Crippen LogP contribution in [0, 0.1) is 6.92 Å². The summed E-state index contributed by atoms with van der Waals surface area (Å²) in [7, 11) is 0. The number of fused-ring (bicyclic) bond motifs is 1. The lowest BCUT2D eigenvalue weighted by molar-refractivity contribution is 0.0690. The van der Waals surface area contributed by atoms with E-state index in [0.29, 0.717) is 11.7 Å². The summed E-state index contributed by atoms with van der Waals surface area (Å²) in [6, 6.07) is 11.1. The van der Waals surface area contributed by atoms with Crippen LogP contribution in [-0.4, -0.2) is 31.2 Å². The second-order valence-electron chi connectivity index (χ2n) is 5.37. The molecule has 0 saturated carbocycles. The Kier molecular flexibility index (Phi) is 3.13. The van der Waals surface area contributed by atoms with Crippen molar-refractivity contribution in [3.8, 4) is 22.7 Å². The zero-order chi connectivity index (χ0) is 16.7. The highest BCUT2D eigenvalue weighted by Gasteiger charge is 2.11. The van der Waals surface area contributed by atoms with Crippen LogP contribution in [-0.2, 0) is 0 Å². The van der Waals surface area contributed by atoms with Crippen molar-refractivity contribution in [2.45, 2.75) is 6.92 Å². The minimum Gasteiger partial charge on any atom is -0.477 e. The molecule has 3 heterocycles. The van der Waals surface area contributed by atoms with Gasteiger partial charge in [-0.05, 0) is 48.4 Å². The molecule has 0 fully saturated rings. The van der Waals surface area contributed by atoms with E-state index in [1.165, 1.54) is 6.20 Å². The van der Waals surface area contributed by atoms with E-state index in [0.717, 1.165) is 27.7 Å². The second kappa shape index (κ2) is 5.31. The average Bonchev–Trinajstić information content (AvgIpc) is 3.20. The van der Waals surface area contributed by atoms with Crippen LogP contribution in [0.3, 0.4) is 0 Å². The maximum atomic E-state index is 11.1. The molecule has 0 amide bonds. The highest BCUT2D eigenvalue weighted by Crippen LogP contribution is 2.28. The van der Waals surface area contributed by atoms with Crippen LogP contribution < -0.4 is 0 Å². The molecule has 0 radical (unpaired) electrons. The van der Waals surface area contributed by atoms with E-state index in [2.05, 4.69) is 20.1 Å². The maximum absolute atomic E-state index is 11.1. The summed E-state index contributed by atoms with van der Waals surface area (Å²) in [5, 5.41) is 13.8. The van der Waals surface area contributed by atoms with Gasteiger partial charge in [-0.2, -0.15) is 4.98 Å². The average molecular weight is 320 g/mol. The second-order valence-corrected chi connectivity index (χ2v) is 5.37. The van der Waals surface area contributed by atoms with E-state index in [1.807, 2.05) is 24.3 Å². The Hall–Kier alpha value is -3.48. The Morgan fingerprint density at radius 1 is 1.17 bits per heavy atom. The van der Waals surface area contributed by atoms with Crippen LogP contribution in [0.2, 0.25) is 0 Å². The van der Waals surface area contributed by atoms with E-state index in [4.69, 9.17) is 9.63 Å². The van der Waals surface area contributed by atoms with Gasteiger partial charge >= 0.3 is 5.97 Å². The van der Waals surface area contributed by atoms with Gasteiger partial charge in [0.1, 0.15) is 11.4 Å². The molecule has 0 aliphatic carbocycles. The molecule has 4 rings (SSSR count). The fraction of sp³-hybridized carbons (Fsp3) is 0.0588. The van der Waals surface area contributed by atoms with Crippen molar-refractivity contribution >= 4 is 16.9 Å². The van der Waals surface area contributed by atoms with Gasteiger partial charge in [-0.15, -0.1) is 0 Å². The Morgan fingerprint density at radius 2 is 2.00 bits per heavy atom. The van der Waals surface area contributed by atoms with Crippen molar-refractivity contribution in [2.75, 3.05) is 0 Å². The molecule has 2 N–H and O–H groups in total. The van der Waals surface area contributed by atoms with Crippen LogP contribution >= 0.6 is 0 Å². The number of nitrogens with one attached hydrogen (secondary N) is 1. The topological polar surface area (TPSA) is 105 Å². The summed E-state index contributed by atoms with van der Waals surface area (Å²) in [5.74, 6) is -0.0433. The normalized spacial score (nSPS) is 11.0. The van der Waals surface area contributed by atoms with Crippen LogP contribution in [0.25, 0.3) is 33.6 Å². The summed E-state index contributed by atoms with van der Waals surface area (Å²) in [5.41, 5.74) is 3.38. The number of aromatic carboxylic acids is 1. The number of carbonyl (C=O) groups is 1.